The van der Waals surface area contributed by atoms with Crippen LogP contribution in [-0.2, 0) is 6.42 Å². The number of nitrogens with one attached hydrogen (secondary N) is 2. The molecule has 6 heteroatoms. The number of amides is 1. The average molecular weight is 290 g/mol. The van der Waals surface area contributed by atoms with Crippen molar-refractivity contribution in [1.29, 1.82) is 0 Å². The molecule has 106 valence electrons. The molecule has 1 aromatic heterocycles. The molecule has 1 heterocycles. The number of benzene rings is 1. The molecular formula is C14H18N4OS. The molecule has 0 aliphatic carbocycles. The van der Waals surface area contributed by atoms with Crippen LogP contribution in [0.4, 0.5) is 10.8 Å². The highest BCUT2D eigenvalue weighted by atomic mass is 32.1. The van der Waals surface area contributed by atoms with E-state index < -0.39 is 0 Å². The third-order valence-corrected chi connectivity index (χ3v) is 3.76. The summed E-state index contributed by atoms with van der Waals surface area (Å²) in [6.45, 7) is 6.78. The van der Waals surface area contributed by atoms with Gasteiger partial charge in [-0.3, -0.25) is 10.1 Å². The molecule has 2 N–H and O–H groups in total. The molecule has 0 aliphatic rings. The summed E-state index contributed by atoms with van der Waals surface area (Å²) >= 11 is 1.40. The van der Waals surface area contributed by atoms with Crippen LogP contribution in [0.2, 0.25) is 0 Å². The fourth-order valence-electron chi connectivity index (χ4n) is 1.80. The first-order chi connectivity index (χ1) is 9.63. The van der Waals surface area contributed by atoms with E-state index in [4.69, 9.17) is 0 Å². The van der Waals surface area contributed by atoms with Crippen molar-refractivity contribution < 1.29 is 4.79 Å². The molecule has 2 rings (SSSR count). The predicted molar refractivity (Wildman–Crippen MR) is 82.6 cm³/mol. The Morgan fingerprint density at radius 1 is 1.30 bits per heavy atom. The van der Waals surface area contributed by atoms with E-state index in [1.165, 1.54) is 11.3 Å². The van der Waals surface area contributed by atoms with Crippen molar-refractivity contribution in [2.75, 3.05) is 17.2 Å². The second-order valence-corrected chi connectivity index (χ2v) is 5.45. The van der Waals surface area contributed by atoms with Crippen LogP contribution >= 0.6 is 11.3 Å². The molecule has 0 saturated carbocycles. The van der Waals surface area contributed by atoms with E-state index in [1.54, 1.807) is 0 Å². The first-order valence-corrected chi connectivity index (χ1v) is 7.44. The van der Waals surface area contributed by atoms with Crippen molar-refractivity contribution >= 4 is 28.1 Å². The van der Waals surface area contributed by atoms with E-state index in [0.29, 0.717) is 10.7 Å². The van der Waals surface area contributed by atoms with Crippen molar-refractivity contribution in [3.63, 3.8) is 0 Å². The van der Waals surface area contributed by atoms with Gasteiger partial charge in [-0.05, 0) is 38.0 Å². The molecule has 1 aromatic carbocycles. The van der Waals surface area contributed by atoms with Crippen LogP contribution in [0.15, 0.2) is 18.2 Å². The second kappa shape index (κ2) is 6.47. The van der Waals surface area contributed by atoms with Gasteiger partial charge in [0.25, 0.3) is 5.91 Å². The number of rotatable bonds is 5. The van der Waals surface area contributed by atoms with Gasteiger partial charge in [0.05, 0.1) is 5.56 Å². The summed E-state index contributed by atoms with van der Waals surface area (Å²) in [5, 5.41) is 15.4. The van der Waals surface area contributed by atoms with Gasteiger partial charge in [-0.2, -0.15) is 0 Å². The van der Waals surface area contributed by atoms with Gasteiger partial charge in [0, 0.05) is 12.2 Å². The zero-order chi connectivity index (χ0) is 14.5. The topological polar surface area (TPSA) is 66.9 Å². The van der Waals surface area contributed by atoms with E-state index in [0.717, 1.165) is 29.2 Å². The fraction of sp³-hybridized carbons (Fsp3) is 0.357. The Labute approximate surface area is 122 Å². The van der Waals surface area contributed by atoms with Gasteiger partial charge in [0.2, 0.25) is 5.13 Å². The summed E-state index contributed by atoms with van der Waals surface area (Å²) in [6, 6.07) is 5.72. The van der Waals surface area contributed by atoms with Crippen LogP contribution in [0.25, 0.3) is 0 Å². The Morgan fingerprint density at radius 3 is 2.75 bits per heavy atom. The minimum Gasteiger partial charge on any atom is -0.385 e. The van der Waals surface area contributed by atoms with Crippen LogP contribution in [0, 0.1) is 6.92 Å². The van der Waals surface area contributed by atoms with Crippen LogP contribution < -0.4 is 10.6 Å². The number of hydrogen-bond acceptors (Lipinski definition) is 5. The van der Waals surface area contributed by atoms with Gasteiger partial charge in [-0.1, -0.05) is 24.3 Å². The maximum Gasteiger partial charge on any atom is 0.259 e. The van der Waals surface area contributed by atoms with Crippen molar-refractivity contribution in [3.8, 4) is 0 Å². The highest BCUT2D eigenvalue weighted by molar-refractivity contribution is 7.15. The van der Waals surface area contributed by atoms with E-state index in [-0.39, 0.29) is 5.91 Å². The van der Waals surface area contributed by atoms with Gasteiger partial charge < -0.3 is 5.32 Å². The summed E-state index contributed by atoms with van der Waals surface area (Å²) < 4.78 is 0. The molecule has 0 unspecified atom stereocenters. The maximum atomic E-state index is 12.3. The largest absolute Gasteiger partial charge is 0.385 e. The van der Waals surface area contributed by atoms with Gasteiger partial charge >= 0.3 is 0 Å². The van der Waals surface area contributed by atoms with Crippen molar-refractivity contribution in [2.45, 2.75) is 27.2 Å². The number of carbonyl (C=O) groups excluding carboxylic acids is 1. The van der Waals surface area contributed by atoms with Crippen LogP contribution in [0.1, 0.15) is 34.8 Å². The molecule has 20 heavy (non-hydrogen) atoms. The fourth-order valence-corrected chi connectivity index (χ4v) is 2.48. The molecule has 0 aliphatic heterocycles. The monoisotopic (exact) mass is 290 g/mol. The molecule has 0 fully saturated rings. The Hall–Kier alpha value is -1.95. The first kappa shape index (κ1) is 14.5. The third kappa shape index (κ3) is 3.33. The highest BCUT2D eigenvalue weighted by Gasteiger charge is 2.13. The Bertz CT molecular complexity index is 609. The van der Waals surface area contributed by atoms with E-state index >= 15 is 0 Å². The smallest absolute Gasteiger partial charge is 0.259 e. The predicted octanol–water partition coefficient (Wildman–Crippen LogP) is 3.09. The van der Waals surface area contributed by atoms with Gasteiger partial charge in [0.1, 0.15) is 5.01 Å². The van der Waals surface area contributed by atoms with Gasteiger partial charge in [-0.15, -0.1) is 10.2 Å². The summed E-state index contributed by atoms with van der Waals surface area (Å²) in [5.41, 5.74) is 2.57. The van der Waals surface area contributed by atoms with E-state index in [9.17, 15) is 4.79 Å². The standard InChI is InChI=1S/C14H18N4OS/c1-4-12-17-18-14(20-12)16-13(19)10-7-6-9(3)8-11(10)15-5-2/h6-8,15H,4-5H2,1-3H3,(H,16,18,19). The van der Waals surface area contributed by atoms with Crippen LogP contribution in [0.5, 0.6) is 0 Å². The van der Waals surface area contributed by atoms with Crippen molar-refractivity contribution in [2.24, 2.45) is 0 Å². The normalized spacial score (nSPS) is 10.3. The molecule has 0 radical (unpaired) electrons. The summed E-state index contributed by atoms with van der Waals surface area (Å²) in [7, 11) is 0. The SMILES string of the molecule is CCNc1cc(C)ccc1C(=O)Nc1nnc(CC)s1. The molecule has 0 bridgehead atoms. The molecule has 5 nitrogen and oxygen atoms in total. The zero-order valence-corrected chi connectivity index (χ0v) is 12.7. The minimum atomic E-state index is -0.167. The van der Waals surface area contributed by atoms with E-state index in [1.807, 2.05) is 39.0 Å². The number of nitrogens with zero attached hydrogens (tertiary/aromatic N) is 2. The number of hydrogen-bond donors (Lipinski definition) is 2. The number of aromatic nitrogens is 2. The lowest BCUT2D eigenvalue weighted by Gasteiger charge is -2.10. The number of anilines is 2. The molecule has 0 spiro atoms. The first-order valence-electron chi connectivity index (χ1n) is 6.62. The minimum absolute atomic E-state index is 0.167. The molecule has 0 atom stereocenters. The molecule has 0 saturated heterocycles. The van der Waals surface area contributed by atoms with Gasteiger partial charge in [-0.25, -0.2) is 0 Å². The lowest BCUT2D eigenvalue weighted by atomic mass is 10.1. The maximum absolute atomic E-state index is 12.3. The van der Waals surface area contributed by atoms with Crippen LogP contribution in [0.3, 0.4) is 0 Å². The third-order valence-electron chi connectivity index (χ3n) is 2.78. The summed E-state index contributed by atoms with van der Waals surface area (Å²) in [5.74, 6) is -0.167. The number of carbonyl (C=O) groups is 1. The Morgan fingerprint density at radius 2 is 2.10 bits per heavy atom. The Balaban J connectivity index is 2.19. The van der Waals surface area contributed by atoms with E-state index in [2.05, 4.69) is 20.8 Å². The van der Waals surface area contributed by atoms with Crippen molar-refractivity contribution in [1.82, 2.24) is 10.2 Å². The Kier molecular flexibility index (Phi) is 4.68. The quantitative estimate of drug-likeness (QED) is 0.888. The zero-order valence-electron chi connectivity index (χ0n) is 11.9. The summed E-state index contributed by atoms with van der Waals surface area (Å²) in [4.78, 5) is 12.3. The molecule has 1 amide bonds. The lowest BCUT2D eigenvalue weighted by Crippen LogP contribution is -2.14. The molecule has 2 aromatic rings. The summed E-state index contributed by atoms with van der Waals surface area (Å²) in [6.07, 6.45) is 0.820. The lowest BCUT2D eigenvalue weighted by molar-refractivity contribution is 0.102. The highest BCUT2D eigenvalue weighted by Crippen LogP contribution is 2.21. The van der Waals surface area contributed by atoms with Crippen molar-refractivity contribution in [3.05, 3.63) is 34.3 Å². The van der Waals surface area contributed by atoms with Gasteiger partial charge in [0.15, 0.2) is 0 Å². The van der Waals surface area contributed by atoms with Crippen LogP contribution in [-0.4, -0.2) is 22.6 Å². The average Bonchev–Trinajstić information content (AvgIpc) is 2.87. The second-order valence-electron chi connectivity index (χ2n) is 4.39. The molecular weight excluding hydrogens is 272 g/mol. The number of aryl methyl sites for hydroxylation is 2.